The molecule has 4 heteroatoms. The van der Waals surface area contributed by atoms with Crippen molar-refractivity contribution in [3.8, 4) is 0 Å². The summed E-state index contributed by atoms with van der Waals surface area (Å²) in [4.78, 5) is 4.03. The number of aliphatic hydroxyl groups excluding tert-OH is 1. The summed E-state index contributed by atoms with van der Waals surface area (Å²) in [5, 5.41) is 12.8. The van der Waals surface area contributed by atoms with Crippen LogP contribution >= 0.6 is 0 Å². The highest BCUT2D eigenvalue weighted by Gasteiger charge is 2.29. The first-order valence-corrected chi connectivity index (χ1v) is 5.11. The lowest BCUT2D eigenvalue weighted by atomic mass is 10.2. The summed E-state index contributed by atoms with van der Waals surface area (Å²) >= 11 is 0. The molecule has 0 radical (unpaired) electrons. The molecule has 2 rings (SSSR count). The molecule has 1 saturated carbocycles. The van der Waals surface area contributed by atoms with E-state index < -0.39 is 0 Å². The number of hydrogen-bond acceptors (Lipinski definition) is 3. The van der Waals surface area contributed by atoms with Gasteiger partial charge in [-0.05, 0) is 18.8 Å². The van der Waals surface area contributed by atoms with E-state index in [4.69, 9.17) is 0 Å². The summed E-state index contributed by atoms with van der Waals surface area (Å²) in [6.45, 7) is 1.47. The fraction of sp³-hybridized carbons (Fsp3) is 0.700. The summed E-state index contributed by atoms with van der Waals surface area (Å²) in [7, 11) is 1.97. The molecule has 1 unspecified atom stereocenters. The zero-order valence-corrected chi connectivity index (χ0v) is 8.48. The summed E-state index contributed by atoms with van der Waals surface area (Å²) in [6, 6.07) is 0. The van der Waals surface area contributed by atoms with Crippen molar-refractivity contribution in [2.45, 2.75) is 25.5 Å². The van der Waals surface area contributed by atoms with Crippen LogP contribution in [0.1, 0.15) is 18.5 Å². The molecule has 1 aliphatic rings. The van der Waals surface area contributed by atoms with E-state index in [0.29, 0.717) is 12.5 Å². The monoisotopic (exact) mass is 195 g/mol. The first-order chi connectivity index (χ1) is 6.77. The van der Waals surface area contributed by atoms with Crippen molar-refractivity contribution < 1.29 is 5.11 Å². The minimum absolute atomic E-state index is 0.164. The molecule has 1 atom stereocenters. The van der Waals surface area contributed by atoms with E-state index in [2.05, 4.69) is 10.3 Å². The zero-order chi connectivity index (χ0) is 9.97. The van der Waals surface area contributed by atoms with Gasteiger partial charge in [0.15, 0.2) is 0 Å². The van der Waals surface area contributed by atoms with Crippen molar-refractivity contribution in [1.82, 2.24) is 14.9 Å². The lowest BCUT2D eigenvalue weighted by molar-refractivity contribution is 0.148. The van der Waals surface area contributed by atoms with Crippen LogP contribution in [0.15, 0.2) is 12.5 Å². The summed E-state index contributed by atoms with van der Waals surface area (Å²) in [5.74, 6) is 0.550. The van der Waals surface area contributed by atoms with E-state index in [0.717, 1.165) is 12.2 Å². The van der Waals surface area contributed by atoms with E-state index in [1.54, 1.807) is 6.33 Å². The standard InChI is InChI=1S/C10H17N3O/c1-13-7-12-5-9(13)4-11-6-10(14)8-2-3-8/h5,7-8,10-11,14H,2-4,6H2,1H3. The van der Waals surface area contributed by atoms with Gasteiger partial charge in [-0.3, -0.25) is 0 Å². The van der Waals surface area contributed by atoms with Gasteiger partial charge >= 0.3 is 0 Å². The molecule has 0 saturated heterocycles. The summed E-state index contributed by atoms with van der Waals surface area (Å²) in [5.41, 5.74) is 1.15. The normalized spacial score (nSPS) is 18.4. The van der Waals surface area contributed by atoms with Crippen molar-refractivity contribution in [3.05, 3.63) is 18.2 Å². The van der Waals surface area contributed by atoms with Gasteiger partial charge in [0.05, 0.1) is 18.1 Å². The number of aryl methyl sites for hydroxylation is 1. The van der Waals surface area contributed by atoms with E-state index in [-0.39, 0.29) is 6.10 Å². The minimum Gasteiger partial charge on any atom is -0.392 e. The molecular formula is C10H17N3O. The molecule has 0 aliphatic heterocycles. The number of aliphatic hydroxyl groups is 1. The molecule has 1 aliphatic carbocycles. The quantitative estimate of drug-likeness (QED) is 0.709. The Morgan fingerprint density at radius 2 is 2.50 bits per heavy atom. The van der Waals surface area contributed by atoms with Crippen LogP contribution in [0.4, 0.5) is 0 Å². The van der Waals surface area contributed by atoms with Crippen molar-refractivity contribution in [2.75, 3.05) is 6.54 Å². The Balaban J connectivity index is 1.69. The summed E-state index contributed by atoms with van der Waals surface area (Å²) < 4.78 is 1.98. The van der Waals surface area contributed by atoms with Crippen LogP contribution in [0.2, 0.25) is 0 Å². The van der Waals surface area contributed by atoms with Crippen LogP contribution in [0, 0.1) is 5.92 Å². The fourth-order valence-corrected chi connectivity index (χ4v) is 1.55. The average Bonchev–Trinajstić information content (AvgIpc) is 2.93. The first-order valence-electron chi connectivity index (χ1n) is 5.11. The van der Waals surface area contributed by atoms with Crippen molar-refractivity contribution in [3.63, 3.8) is 0 Å². The molecule has 2 N–H and O–H groups in total. The topological polar surface area (TPSA) is 50.1 Å². The Hall–Kier alpha value is -0.870. The molecule has 4 nitrogen and oxygen atoms in total. The summed E-state index contributed by atoms with van der Waals surface area (Å²) in [6.07, 6.45) is 5.84. The Morgan fingerprint density at radius 1 is 1.71 bits per heavy atom. The highest BCUT2D eigenvalue weighted by molar-refractivity contribution is 4.96. The van der Waals surface area contributed by atoms with Gasteiger partial charge in [-0.2, -0.15) is 0 Å². The molecule has 1 aromatic rings. The smallest absolute Gasteiger partial charge is 0.0945 e. The van der Waals surface area contributed by atoms with E-state index >= 15 is 0 Å². The largest absolute Gasteiger partial charge is 0.392 e. The Bertz CT molecular complexity index is 293. The molecule has 0 spiro atoms. The second-order valence-corrected chi connectivity index (χ2v) is 4.03. The number of nitrogens with zero attached hydrogens (tertiary/aromatic N) is 2. The maximum Gasteiger partial charge on any atom is 0.0945 e. The second kappa shape index (κ2) is 4.11. The average molecular weight is 195 g/mol. The maximum atomic E-state index is 9.60. The van der Waals surface area contributed by atoms with Gasteiger partial charge in [-0.15, -0.1) is 0 Å². The van der Waals surface area contributed by atoms with Gasteiger partial charge in [0, 0.05) is 26.3 Å². The van der Waals surface area contributed by atoms with Gasteiger partial charge < -0.3 is 15.0 Å². The van der Waals surface area contributed by atoms with Crippen molar-refractivity contribution in [2.24, 2.45) is 13.0 Å². The molecule has 78 valence electrons. The van der Waals surface area contributed by atoms with Crippen LogP contribution in [0.25, 0.3) is 0 Å². The Morgan fingerprint density at radius 3 is 3.07 bits per heavy atom. The second-order valence-electron chi connectivity index (χ2n) is 4.03. The number of imidazole rings is 1. The van der Waals surface area contributed by atoms with Crippen molar-refractivity contribution in [1.29, 1.82) is 0 Å². The van der Waals surface area contributed by atoms with Crippen molar-refractivity contribution >= 4 is 0 Å². The number of rotatable bonds is 5. The third-order valence-electron chi connectivity index (χ3n) is 2.74. The third-order valence-corrected chi connectivity index (χ3v) is 2.74. The maximum absolute atomic E-state index is 9.60. The third kappa shape index (κ3) is 2.33. The van der Waals surface area contributed by atoms with Crippen LogP contribution in [0.3, 0.4) is 0 Å². The molecule has 1 fully saturated rings. The van der Waals surface area contributed by atoms with Gasteiger partial charge in [-0.1, -0.05) is 0 Å². The van der Waals surface area contributed by atoms with E-state index in [1.165, 1.54) is 12.8 Å². The predicted octanol–water partition coefficient (Wildman–Crippen LogP) is 0.281. The minimum atomic E-state index is -0.164. The van der Waals surface area contributed by atoms with Gasteiger partial charge in [0.2, 0.25) is 0 Å². The number of nitrogens with one attached hydrogen (secondary N) is 1. The molecule has 0 amide bonds. The molecule has 14 heavy (non-hydrogen) atoms. The number of hydrogen-bond donors (Lipinski definition) is 2. The SMILES string of the molecule is Cn1cncc1CNCC(O)C1CC1. The molecule has 0 bridgehead atoms. The molecule has 1 heterocycles. The van der Waals surface area contributed by atoms with Crippen LogP contribution in [-0.2, 0) is 13.6 Å². The molecule has 0 aromatic carbocycles. The van der Waals surface area contributed by atoms with E-state index in [1.807, 2.05) is 17.8 Å². The highest BCUT2D eigenvalue weighted by atomic mass is 16.3. The lowest BCUT2D eigenvalue weighted by Crippen LogP contribution is -2.28. The fourth-order valence-electron chi connectivity index (χ4n) is 1.55. The van der Waals surface area contributed by atoms with Gasteiger partial charge in [-0.25, -0.2) is 4.98 Å². The zero-order valence-electron chi connectivity index (χ0n) is 8.48. The predicted molar refractivity (Wildman–Crippen MR) is 53.6 cm³/mol. The van der Waals surface area contributed by atoms with Crippen LogP contribution in [-0.4, -0.2) is 27.3 Å². The first kappa shape index (κ1) is 9.68. The Labute approximate surface area is 84.0 Å². The molecular weight excluding hydrogens is 178 g/mol. The number of aromatic nitrogens is 2. The van der Waals surface area contributed by atoms with Gasteiger partial charge in [0.25, 0.3) is 0 Å². The lowest BCUT2D eigenvalue weighted by Gasteiger charge is -2.10. The highest BCUT2D eigenvalue weighted by Crippen LogP contribution is 2.32. The van der Waals surface area contributed by atoms with Gasteiger partial charge in [0.1, 0.15) is 0 Å². The van der Waals surface area contributed by atoms with E-state index in [9.17, 15) is 5.11 Å². The van der Waals surface area contributed by atoms with Crippen LogP contribution in [0.5, 0.6) is 0 Å². The van der Waals surface area contributed by atoms with Crippen LogP contribution < -0.4 is 5.32 Å². The Kier molecular flexibility index (Phi) is 2.84. The molecule has 1 aromatic heterocycles.